The Balaban J connectivity index is 1.68. The molecule has 1 aliphatic rings. The van der Waals surface area contributed by atoms with Crippen LogP contribution in [0.15, 0.2) is 70.0 Å². The summed E-state index contributed by atoms with van der Waals surface area (Å²) in [6.07, 6.45) is 3.65. The lowest BCUT2D eigenvalue weighted by Crippen LogP contribution is -2.37. The first-order chi connectivity index (χ1) is 17.2. The summed E-state index contributed by atoms with van der Waals surface area (Å²) in [5.74, 6) is 0.0482. The third-order valence-corrected chi connectivity index (χ3v) is 8.48. The molecule has 1 amide bonds. The van der Waals surface area contributed by atoms with E-state index in [1.165, 1.54) is 48.5 Å². The van der Waals surface area contributed by atoms with Crippen LogP contribution in [0.25, 0.3) is 11.0 Å². The topological polar surface area (TPSA) is 111 Å². The highest BCUT2D eigenvalue weighted by Crippen LogP contribution is 2.36. The van der Waals surface area contributed by atoms with Crippen LogP contribution in [0, 0.1) is 17.0 Å². The van der Waals surface area contributed by atoms with Gasteiger partial charge in [0.1, 0.15) is 11.3 Å². The maximum absolute atomic E-state index is 13.9. The SMILES string of the molecule is Cc1cc(S(=O)(=O)N(C(=O)c2ccc([N+](=O)[O-])cc2)c2ccc3oc4c(c3c2)CCCC4)ccc1Cl. The second-order valence-corrected chi connectivity index (χ2v) is 10.9. The number of anilines is 1. The molecule has 0 saturated carbocycles. The lowest BCUT2D eigenvalue weighted by atomic mass is 9.96. The summed E-state index contributed by atoms with van der Waals surface area (Å²) in [4.78, 5) is 24.1. The number of halogens is 1. The van der Waals surface area contributed by atoms with Gasteiger partial charge in [0.25, 0.3) is 21.6 Å². The Morgan fingerprint density at radius 1 is 1.03 bits per heavy atom. The number of fused-ring (bicyclic) bond motifs is 3. The largest absolute Gasteiger partial charge is 0.461 e. The molecule has 4 aromatic rings. The first-order valence-corrected chi connectivity index (χ1v) is 13.1. The molecule has 0 atom stereocenters. The summed E-state index contributed by atoms with van der Waals surface area (Å²) < 4.78 is 34.5. The molecule has 3 aromatic carbocycles. The van der Waals surface area contributed by atoms with E-state index >= 15 is 0 Å². The molecule has 184 valence electrons. The highest BCUT2D eigenvalue weighted by atomic mass is 35.5. The molecule has 36 heavy (non-hydrogen) atoms. The fourth-order valence-corrected chi connectivity index (χ4v) is 6.08. The smallest absolute Gasteiger partial charge is 0.272 e. The van der Waals surface area contributed by atoms with Crippen LogP contribution in [-0.4, -0.2) is 19.2 Å². The summed E-state index contributed by atoms with van der Waals surface area (Å²) >= 11 is 6.11. The minimum atomic E-state index is -4.38. The number of hydrogen-bond acceptors (Lipinski definition) is 6. The molecule has 8 nitrogen and oxygen atoms in total. The maximum Gasteiger partial charge on any atom is 0.272 e. The van der Waals surface area contributed by atoms with Crippen LogP contribution in [0.3, 0.4) is 0 Å². The van der Waals surface area contributed by atoms with Gasteiger partial charge in [-0.25, -0.2) is 8.42 Å². The van der Waals surface area contributed by atoms with Crippen LogP contribution >= 0.6 is 11.6 Å². The third kappa shape index (κ3) is 4.14. The first-order valence-electron chi connectivity index (χ1n) is 11.3. The fraction of sp³-hybridized carbons (Fsp3) is 0.192. The van der Waals surface area contributed by atoms with Gasteiger partial charge in [0, 0.05) is 40.1 Å². The van der Waals surface area contributed by atoms with Crippen LogP contribution < -0.4 is 4.31 Å². The van der Waals surface area contributed by atoms with Crippen molar-refractivity contribution in [3.05, 3.63) is 98.3 Å². The second kappa shape index (κ2) is 9.07. The summed E-state index contributed by atoms with van der Waals surface area (Å²) in [6, 6.07) is 13.9. The van der Waals surface area contributed by atoms with Gasteiger partial charge in [-0.2, -0.15) is 4.31 Å². The molecule has 0 aliphatic heterocycles. The van der Waals surface area contributed by atoms with Gasteiger partial charge in [0.05, 0.1) is 15.5 Å². The summed E-state index contributed by atoms with van der Waals surface area (Å²) in [6.45, 7) is 1.67. The Kier molecular flexibility index (Phi) is 6.05. The Hall–Kier alpha value is -3.69. The number of rotatable bonds is 5. The van der Waals surface area contributed by atoms with Crippen molar-refractivity contribution in [3.8, 4) is 0 Å². The molecule has 10 heteroatoms. The van der Waals surface area contributed by atoms with Crippen molar-refractivity contribution in [3.63, 3.8) is 0 Å². The Morgan fingerprint density at radius 2 is 1.75 bits per heavy atom. The maximum atomic E-state index is 13.9. The van der Waals surface area contributed by atoms with Crippen molar-refractivity contribution in [2.45, 2.75) is 37.5 Å². The summed E-state index contributed by atoms with van der Waals surface area (Å²) in [5, 5.41) is 12.2. The van der Waals surface area contributed by atoms with Crippen LogP contribution in [0.5, 0.6) is 0 Å². The number of carbonyl (C=O) groups is 1. The molecular weight excluding hydrogens is 504 g/mol. The van der Waals surface area contributed by atoms with Crippen molar-refractivity contribution in [2.24, 2.45) is 0 Å². The van der Waals surface area contributed by atoms with Crippen LogP contribution in [0.4, 0.5) is 11.4 Å². The fourth-order valence-electron chi connectivity index (χ4n) is 4.47. The van der Waals surface area contributed by atoms with E-state index in [0.717, 1.165) is 46.7 Å². The molecule has 1 aromatic heterocycles. The quantitative estimate of drug-likeness (QED) is 0.226. The van der Waals surface area contributed by atoms with Crippen molar-refractivity contribution in [1.29, 1.82) is 0 Å². The van der Waals surface area contributed by atoms with Crippen LogP contribution in [0.2, 0.25) is 5.02 Å². The van der Waals surface area contributed by atoms with E-state index < -0.39 is 20.9 Å². The van der Waals surface area contributed by atoms with E-state index in [1.807, 2.05) is 0 Å². The monoisotopic (exact) mass is 524 g/mol. The summed E-state index contributed by atoms with van der Waals surface area (Å²) in [5.41, 5.74) is 2.13. The number of nitro benzene ring substituents is 1. The van der Waals surface area contributed by atoms with Crippen molar-refractivity contribution >= 4 is 49.9 Å². The highest BCUT2D eigenvalue weighted by Gasteiger charge is 2.33. The standard InChI is InChI=1S/C26H21ClN2O6S/c1-16-14-20(11-12-23(16)27)36(33,34)28(26(30)17-6-8-18(9-7-17)29(31)32)19-10-13-25-22(15-19)21-4-2-3-5-24(21)35-25/h6-15H,2-5H2,1H3. The number of amides is 1. The van der Waals surface area contributed by atoms with Crippen molar-refractivity contribution < 1.29 is 22.6 Å². The molecule has 0 bridgehead atoms. The number of nitrogens with zero attached hydrogens (tertiary/aromatic N) is 2. The van der Waals surface area contributed by atoms with E-state index in [0.29, 0.717) is 16.2 Å². The molecule has 5 rings (SSSR count). The number of aryl methyl sites for hydroxylation is 3. The average Bonchev–Trinajstić information content (AvgIpc) is 3.23. The zero-order valence-electron chi connectivity index (χ0n) is 19.2. The number of hydrogen-bond donors (Lipinski definition) is 0. The molecule has 0 saturated heterocycles. The van der Waals surface area contributed by atoms with Gasteiger partial charge in [-0.05, 0) is 80.3 Å². The van der Waals surface area contributed by atoms with Crippen molar-refractivity contribution in [1.82, 2.24) is 0 Å². The Morgan fingerprint density at radius 3 is 2.44 bits per heavy atom. The number of furan rings is 1. The number of carbonyl (C=O) groups excluding carboxylic acids is 1. The minimum Gasteiger partial charge on any atom is -0.461 e. The van der Waals surface area contributed by atoms with Gasteiger partial charge in [0.2, 0.25) is 0 Å². The molecule has 0 radical (unpaired) electrons. The number of non-ortho nitro benzene ring substituents is 1. The van der Waals surface area contributed by atoms with Gasteiger partial charge in [0.15, 0.2) is 0 Å². The minimum absolute atomic E-state index is 0.0100. The molecule has 0 fully saturated rings. The van der Waals surface area contributed by atoms with Gasteiger partial charge >= 0.3 is 0 Å². The lowest BCUT2D eigenvalue weighted by molar-refractivity contribution is -0.384. The predicted octanol–water partition coefficient (Wildman–Crippen LogP) is 6.22. The number of sulfonamides is 1. The van der Waals surface area contributed by atoms with Crippen LogP contribution in [-0.2, 0) is 22.9 Å². The lowest BCUT2D eigenvalue weighted by Gasteiger charge is -2.23. The van der Waals surface area contributed by atoms with E-state index in [9.17, 15) is 23.3 Å². The molecule has 1 heterocycles. The molecule has 1 aliphatic carbocycles. The highest BCUT2D eigenvalue weighted by molar-refractivity contribution is 7.93. The Labute approximate surface area is 212 Å². The van der Waals surface area contributed by atoms with E-state index in [4.69, 9.17) is 16.0 Å². The van der Waals surface area contributed by atoms with Gasteiger partial charge < -0.3 is 4.42 Å². The molecule has 0 spiro atoms. The van der Waals surface area contributed by atoms with Crippen molar-refractivity contribution in [2.75, 3.05) is 4.31 Å². The van der Waals surface area contributed by atoms with Gasteiger partial charge in [-0.15, -0.1) is 0 Å². The molecular formula is C26H21ClN2O6S. The van der Waals surface area contributed by atoms with Crippen LogP contribution in [0.1, 0.15) is 40.1 Å². The number of nitro groups is 1. The average molecular weight is 525 g/mol. The predicted molar refractivity (Wildman–Crippen MR) is 136 cm³/mol. The normalized spacial score (nSPS) is 13.4. The summed E-state index contributed by atoms with van der Waals surface area (Å²) in [7, 11) is -4.38. The van der Waals surface area contributed by atoms with E-state index in [2.05, 4.69) is 0 Å². The van der Waals surface area contributed by atoms with E-state index in [1.54, 1.807) is 19.1 Å². The van der Waals surface area contributed by atoms with Gasteiger partial charge in [-0.1, -0.05) is 11.6 Å². The first kappa shape index (κ1) is 24.0. The molecule has 0 N–H and O–H groups in total. The Bertz CT molecular complexity index is 1630. The zero-order chi connectivity index (χ0) is 25.6. The third-order valence-electron chi connectivity index (χ3n) is 6.35. The van der Waals surface area contributed by atoms with E-state index in [-0.39, 0.29) is 21.8 Å². The van der Waals surface area contributed by atoms with Gasteiger partial charge in [-0.3, -0.25) is 14.9 Å². The zero-order valence-corrected chi connectivity index (χ0v) is 20.8. The molecule has 0 unspecified atom stereocenters. The number of benzene rings is 3. The second-order valence-electron chi connectivity index (χ2n) is 8.68.